The van der Waals surface area contributed by atoms with Gasteiger partial charge in [-0.1, -0.05) is 11.6 Å². The summed E-state index contributed by atoms with van der Waals surface area (Å²) in [5, 5.41) is 0.650. The molecule has 0 aliphatic heterocycles. The van der Waals surface area contributed by atoms with Crippen LogP contribution >= 0.6 is 34.6 Å². The Labute approximate surface area is 78.2 Å². The van der Waals surface area contributed by atoms with Gasteiger partial charge in [-0.05, 0) is 12.1 Å². The van der Waals surface area contributed by atoms with Crippen LogP contribution in [0.4, 0.5) is 0 Å². The third-order valence-corrected chi connectivity index (χ3v) is 1.53. The summed E-state index contributed by atoms with van der Waals surface area (Å²) in [5.74, 6) is 0. The molecule has 0 aliphatic rings. The van der Waals surface area contributed by atoms with Gasteiger partial charge in [0.15, 0.2) is 0 Å². The molecular formula is C6H5ClINO. The Balaban J connectivity index is 2.69. The predicted octanol–water partition coefficient (Wildman–Crippen LogP) is 2.60. The van der Waals surface area contributed by atoms with E-state index in [4.69, 9.17) is 14.7 Å². The number of halogens is 2. The van der Waals surface area contributed by atoms with Crippen LogP contribution in [0.2, 0.25) is 5.02 Å². The zero-order valence-electron chi connectivity index (χ0n) is 5.05. The number of hydrogen-bond acceptors (Lipinski definition) is 2. The Kier molecular flexibility index (Phi) is 3.37. The van der Waals surface area contributed by atoms with Crippen LogP contribution in [0.3, 0.4) is 0 Å². The van der Waals surface area contributed by atoms with Crippen molar-refractivity contribution in [1.29, 1.82) is 0 Å². The SMILES string of the molecule is Clc1ccc(COI)nc1. The highest BCUT2D eigenvalue weighted by molar-refractivity contribution is 14.1. The van der Waals surface area contributed by atoms with E-state index in [2.05, 4.69) is 4.98 Å². The van der Waals surface area contributed by atoms with Crippen LogP contribution in [0, 0.1) is 0 Å². The summed E-state index contributed by atoms with van der Waals surface area (Å²) >= 11 is 7.43. The first-order valence-electron chi connectivity index (χ1n) is 2.67. The van der Waals surface area contributed by atoms with Crippen LogP contribution in [-0.2, 0) is 9.67 Å². The molecule has 1 aromatic heterocycles. The molecular weight excluding hydrogens is 264 g/mol. The Morgan fingerprint density at radius 1 is 1.60 bits per heavy atom. The molecule has 0 atom stereocenters. The zero-order chi connectivity index (χ0) is 7.40. The van der Waals surface area contributed by atoms with E-state index in [9.17, 15) is 0 Å². The summed E-state index contributed by atoms with van der Waals surface area (Å²) < 4.78 is 4.83. The van der Waals surface area contributed by atoms with Gasteiger partial charge < -0.3 is 3.07 Å². The van der Waals surface area contributed by atoms with Crippen LogP contribution < -0.4 is 0 Å². The smallest absolute Gasteiger partial charge is 0.110 e. The van der Waals surface area contributed by atoms with Gasteiger partial charge in [0, 0.05) is 6.20 Å². The molecule has 1 heterocycles. The molecule has 0 fully saturated rings. The lowest BCUT2D eigenvalue weighted by Crippen LogP contribution is -1.86. The lowest BCUT2D eigenvalue weighted by atomic mass is 10.4. The van der Waals surface area contributed by atoms with Crippen LogP contribution in [-0.4, -0.2) is 4.98 Å². The highest BCUT2D eigenvalue weighted by atomic mass is 127. The quantitative estimate of drug-likeness (QED) is 0.770. The van der Waals surface area contributed by atoms with Crippen molar-refractivity contribution in [3.05, 3.63) is 29.0 Å². The van der Waals surface area contributed by atoms with Crippen molar-refractivity contribution in [2.24, 2.45) is 0 Å². The number of rotatable bonds is 2. The summed E-state index contributed by atoms with van der Waals surface area (Å²) in [5.41, 5.74) is 0.888. The third-order valence-electron chi connectivity index (χ3n) is 0.991. The highest BCUT2D eigenvalue weighted by Crippen LogP contribution is 2.07. The van der Waals surface area contributed by atoms with Gasteiger partial charge in [-0.3, -0.25) is 4.98 Å². The third kappa shape index (κ3) is 2.40. The van der Waals surface area contributed by atoms with E-state index in [1.807, 2.05) is 29.1 Å². The minimum Gasteiger partial charge on any atom is -0.309 e. The highest BCUT2D eigenvalue weighted by Gasteiger charge is 1.91. The standard InChI is InChI=1S/C6H5ClINO/c7-5-1-2-6(4-10-8)9-3-5/h1-3H,4H2. The predicted molar refractivity (Wildman–Crippen MR) is 48.1 cm³/mol. The molecule has 10 heavy (non-hydrogen) atoms. The van der Waals surface area contributed by atoms with Gasteiger partial charge in [0.1, 0.15) is 29.6 Å². The van der Waals surface area contributed by atoms with E-state index in [1.54, 1.807) is 12.3 Å². The van der Waals surface area contributed by atoms with Crippen molar-refractivity contribution in [2.75, 3.05) is 0 Å². The van der Waals surface area contributed by atoms with Gasteiger partial charge in [-0.2, -0.15) is 0 Å². The van der Waals surface area contributed by atoms with Crippen molar-refractivity contribution in [1.82, 2.24) is 4.98 Å². The number of nitrogens with zero attached hydrogens (tertiary/aromatic N) is 1. The second-order valence-electron chi connectivity index (χ2n) is 1.72. The molecule has 0 N–H and O–H groups in total. The largest absolute Gasteiger partial charge is 0.309 e. The van der Waals surface area contributed by atoms with Gasteiger partial charge in [0.05, 0.1) is 10.7 Å². The van der Waals surface area contributed by atoms with Gasteiger partial charge in [-0.15, -0.1) is 0 Å². The molecule has 0 unspecified atom stereocenters. The van der Waals surface area contributed by atoms with E-state index < -0.39 is 0 Å². The number of aromatic nitrogens is 1. The molecule has 0 bridgehead atoms. The van der Waals surface area contributed by atoms with E-state index >= 15 is 0 Å². The Morgan fingerprint density at radius 3 is 2.90 bits per heavy atom. The summed E-state index contributed by atoms with van der Waals surface area (Å²) in [6.07, 6.45) is 1.60. The average molecular weight is 269 g/mol. The van der Waals surface area contributed by atoms with Crippen LogP contribution in [0.1, 0.15) is 5.69 Å². The minimum absolute atomic E-state index is 0.526. The molecule has 0 aliphatic carbocycles. The van der Waals surface area contributed by atoms with Gasteiger partial charge in [0.25, 0.3) is 0 Å². The van der Waals surface area contributed by atoms with Crippen molar-refractivity contribution in [3.63, 3.8) is 0 Å². The van der Waals surface area contributed by atoms with Crippen LogP contribution in [0.25, 0.3) is 0 Å². The number of hydrogen-bond donors (Lipinski definition) is 0. The molecule has 4 heteroatoms. The molecule has 54 valence electrons. The monoisotopic (exact) mass is 269 g/mol. The van der Waals surface area contributed by atoms with Crippen molar-refractivity contribution >= 4 is 34.6 Å². The van der Waals surface area contributed by atoms with Gasteiger partial charge >= 0.3 is 0 Å². The average Bonchev–Trinajstić information content (AvgIpc) is 1.95. The molecule has 0 radical (unpaired) electrons. The molecule has 1 aromatic rings. The Bertz CT molecular complexity index is 201. The lowest BCUT2D eigenvalue weighted by molar-refractivity contribution is 0.411. The van der Waals surface area contributed by atoms with E-state index in [-0.39, 0.29) is 0 Å². The lowest BCUT2D eigenvalue weighted by Gasteiger charge is -1.94. The van der Waals surface area contributed by atoms with Gasteiger partial charge in [-0.25, -0.2) is 0 Å². The van der Waals surface area contributed by atoms with E-state index in [0.29, 0.717) is 11.6 Å². The van der Waals surface area contributed by atoms with Crippen LogP contribution in [0.15, 0.2) is 18.3 Å². The fourth-order valence-electron chi connectivity index (χ4n) is 0.548. The molecule has 0 aromatic carbocycles. The van der Waals surface area contributed by atoms with Crippen molar-refractivity contribution < 1.29 is 3.07 Å². The number of pyridine rings is 1. The van der Waals surface area contributed by atoms with Crippen molar-refractivity contribution in [2.45, 2.75) is 6.61 Å². The molecule has 1 rings (SSSR count). The first-order chi connectivity index (χ1) is 4.83. The van der Waals surface area contributed by atoms with E-state index in [1.165, 1.54) is 0 Å². The van der Waals surface area contributed by atoms with Crippen LogP contribution in [0.5, 0.6) is 0 Å². The molecule has 0 saturated carbocycles. The van der Waals surface area contributed by atoms with Crippen molar-refractivity contribution in [3.8, 4) is 0 Å². The fourth-order valence-corrected chi connectivity index (χ4v) is 0.979. The maximum Gasteiger partial charge on any atom is 0.110 e. The molecule has 2 nitrogen and oxygen atoms in total. The normalized spacial score (nSPS) is 9.80. The maximum absolute atomic E-state index is 5.61. The maximum atomic E-state index is 5.61. The Morgan fingerprint density at radius 2 is 2.40 bits per heavy atom. The first kappa shape index (κ1) is 8.23. The Hall–Kier alpha value is 0.130. The molecule has 0 saturated heterocycles. The second-order valence-corrected chi connectivity index (χ2v) is 2.78. The molecule has 0 amide bonds. The first-order valence-corrected chi connectivity index (χ1v) is 3.93. The minimum atomic E-state index is 0.526. The summed E-state index contributed by atoms with van der Waals surface area (Å²) in [7, 11) is 0. The van der Waals surface area contributed by atoms with E-state index in [0.717, 1.165) is 5.69 Å². The fraction of sp³-hybridized carbons (Fsp3) is 0.167. The zero-order valence-corrected chi connectivity index (χ0v) is 7.96. The summed E-state index contributed by atoms with van der Waals surface area (Å²) in [6, 6.07) is 3.63. The second kappa shape index (κ2) is 4.10. The summed E-state index contributed by atoms with van der Waals surface area (Å²) in [4.78, 5) is 4.01. The topological polar surface area (TPSA) is 22.1 Å². The van der Waals surface area contributed by atoms with Gasteiger partial charge in [0.2, 0.25) is 0 Å². The molecule has 0 spiro atoms. The summed E-state index contributed by atoms with van der Waals surface area (Å²) in [6.45, 7) is 0.526.